The number of phenols is 1. The van der Waals surface area contributed by atoms with Crippen molar-refractivity contribution in [3.63, 3.8) is 0 Å². The van der Waals surface area contributed by atoms with Crippen LogP contribution in [0.5, 0.6) is 5.75 Å². The molecule has 174 valence electrons. The van der Waals surface area contributed by atoms with Gasteiger partial charge in [-0.1, -0.05) is 56.8 Å². The van der Waals surface area contributed by atoms with E-state index in [-0.39, 0.29) is 22.8 Å². The van der Waals surface area contributed by atoms with Gasteiger partial charge in [-0.05, 0) is 75.2 Å². The zero-order chi connectivity index (χ0) is 24.2. The Morgan fingerprint density at radius 3 is 2.55 bits per heavy atom. The second kappa shape index (κ2) is 11.2. The Balaban J connectivity index is 1.64. The van der Waals surface area contributed by atoms with Gasteiger partial charge in [-0.2, -0.15) is 5.10 Å². The van der Waals surface area contributed by atoms with E-state index in [4.69, 9.17) is 0 Å². The zero-order valence-electron chi connectivity index (χ0n) is 18.8. The molecule has 2 N–H and O–H groups in total. The summed E-state index contributed by atoms with van der Waals surface area (Å²) >= 11 is 5.53. The van der Waals surface area contributed by atoms with Gasteiger partial charge in [0.05, 0.1) is 15.5 Å². The van der Waals surface area contributed by atoms with Crippen molar-refractivity contribution in [2.45, 2.75) is 44.8 Å². The van der Waals surface area contributed by atoms with Crippen LogP contribution in [0.25, 0.3) is 11.4 Å². The molecule has 0 atom stereocenters. The molecule has 0 bridgehead atoms. The van der Waals surface area contributed by atoms with Crippen LogP contribution in [0.1, 0.15) is 38.8 Å². The first kappa shape index (κ1) is 25.9. The maximum atomic E-state index is 12.3. The molecule has 0 spiro atoms. The monoisotopic (exact) mass is 689 g/mol. The number of aromatic nitrogens is 3. The number of carbonyl (C=O) groups is 1. The number of hydrogen-bond donors (Lipinski definition) is 2. The summed E-state index contributed by atoms with van der Waals surface area (Å²) in [5.41, 5.74) is 5.38. The van der Waals surface area contributed by atoms with Gasteiger partial charge < -0.3 is 9.67 Å². The third-order valence-electron chi connectivity index (χ3n) is 4.83. The normalized spacial score (nSPS) is 11.8. The van der Waals surface area contributed by atoms with Gasteiger partial charge in [0.25, 0.3) is 5.91 Å². The number of rotatable bonds is 7. The van der Waals surface area contributed by atoms with Gasteiger partial charge in [0.1, 0.15) is 5.75 Å². The van der Waals surface area contributed by atoms with E-state index in [9.17, 15) is 9.90 Å². The quantitative estimate of drug-likeness (QED) is 0.150. The Hall–Kier alpha value is -1.67. The average molecular weight is 689 g/mol. The SMILES string of the molecule is CCn1c(SCC(=O)N/N=C\c2cc(I)cc(I)c2O)nnc1-c1ccc(C(C)(C)C)cc1. The lowest BCUT2D eigenvalue weighted by Gasteiger charge is -2.19. The summed E-state index contributed by atoms with van der Waals surface area (Å²) in [7, 11) is 0. The fourth-order valence-electron chi connectivity index (χ4n) is 3.03. The fraction of sp³-hybridized carbons (Fsp3) is 0.304. The molecule has 0 fully saturated rings. The van der Waals surface area contributed by atoms with Crippen molar-refractivity contribution in [3.8, 4) is 17.1 Å². The maximum Gasteiger partial charge on any atom is 0.250 e. The van der Waals surface area contributed by atoms with Crippen LogP contribution in [0.15, 0.2) is 46.7 Å². The molecule has 2 aromatic carbocycles. The molecule has 0 saturated heterocycles. The van der Waals surface area contributed by atoms with Gasteiger partial charge in [-0.25, -0.2) is 5.43 Å². The molecule has 33 heavy (non-hydrogen) atoms. The second-order valence-electron chi connectivity index (χ2n) is 8.29. The number of carbonyl (C=O) groups excluding carboxylic acids is 1. The van der Waals surface area contributed by atoms with Crippen LogP contribution in [0, 0.1) is 7.14 Å². The summed E-state index contributed by atoms with van der Waals surface area (Å²) in [4.78, 5) is 12.3. The molecule has 0 saturated carbocycles. The van der Waals surface area contributed by atoms with Crippen LogP contribution in [-0.2, 0) is 16.8 Å². The highest BCUT2D eigenvalue weighted by atomic mass is 127. The molecule has 1 amide bonds. The minimum Gasteiger partial charge on any atom is -0.506 e. The Labute approximate surface area is 225 Å². The Kier molecular flexibility index (Phi) is 8.78. The molecular formula is C23H25I2N5O2S. The van der Waals surface area contributed by atoms with Crippen molar-refractivity contribution in [1.82, 2.24) is 20.2 Å². The summed E-state index contributed by atoms with van der Waals surface area (Å²) in [6.07, 6.45) is 1.44. The fourth-order valence-corrected chi connectivity index (χ4v) is 5.72. The molecule has 7 nitrogen and oxygen atoms in total. The average Bonchev–Trinajstić information content (AvgIpc) is 3.18. The van der Waals surface area contributed by atoms with E-state index >= 15 is 0 Å². The topological polar surface area (TPSA) is 92.4 Å². The van der Waals surface area contributed by atoms with Crippen LogP contribution >= 0.6 is 56.9 Å². The van der Waals surface area contributed by atoms with Gasteiger partial charge >= 0.3 is 0 Å². The van der Waals surface area contributed by atoms with E-state index in [0.29, 0.717) is 17.3 Å². The number of benzene rings is 2. The molecule has 1 heterocycles. The van der Waals surface area contributed by atoms with E-state index in [1.54, 1.807) is 6.07 Å². The van der Waals surface area contributed by atoms with Gasteiger partial charge in [0.15, 0.2) is 11.0 Å². The summed E-state index contributed by atoms with van der Waals surface area (Å²) in [5.74, 6) is 0.803. The summed E-state index contributed by atoms with van der Waals surface area (Å²) in [6.45, 7) is 9.27. The highest BCUT2D eigenvalue weighted by Gasteiger charge is 2.17. The number of hydrogen-bond acceptors (Lipinski definition) is 6. The predicted molar refractivity (Wildman–Crippen MR) is 150 cm³/mol. The van der Waals surface area contributed by atoms with Crippen LogP contribution in [0.3, 0.4) is 0 Å². The third-order valence-corrected chi connectivity index (χ3v) is 7.24. The molecule has 3 rings (SSSR count). The molecule has 0 aliphatic carbocycles. The molecule has 0 aliphatic rings. The van der Waals surface area contributed by atoms with Crippen LogP contribution in [0.2, 0.25) is 0 Å². The van der Waals surface area contributed by atoms with E-state index in [1.807, 2.05) is 17.6 Å². The molecule has 1 aromatic heterocycles. The Morgan fingerprint density at radius 2 is 1.91 bits per heavy atom. The van der Waals surface area contributed by atoms with Gasteiger partial charge in [-0.15, -0.1) is 10.2 Å². The van der Waals surface area contributed by atoms with Gasteiger partial charge in [0, 0.05) is 21.2 Å². The summed E-state index contributed by atoms with van der Waals surface area (Å²) in [5, 5.41) is 23.4. The van der Waals surface area contributed by atoms with Crippen molar-refractivity contribution in [1.29, 1.82) is 0 Å². The first-order valence-corrected chi connectivity index (χ1v) is 13.4. The van der Waals surface area contributed by atoms with Gasteiger partial charge in [-0.3, -0.25) is 4.79 Å². The first-order chi connectivity index (χ1) is 15.6. The highest BCUT2D eigenvalue weighted by molar-refractivity contribution is 14.1. The number of thioether (sulfide) groups is 1. The molecular weight excluding hydrogens is 664 g/mol. The number of nitrogens with one attached hydrogen (secondary N) is 1. The van der Waals surface area contributed by atoms with Crippen molar-refractivity contribution in [2.24, 2.45) is 5.10 Å². The number of halogens is 2. The molecule has 10 heteroatoms. The van der Waals surface area contributed by atoms with E-state index in [0.717, 1.165) is 18.5 Å². The highest BCUT2D eigenvalue weighted by Crippen LogP contribution is 2.28. The molecule has 3 aromatic rings. The zero-order valence-corrected chi connectivity index (χ0v) is 23.9. The molecule has 0 unspecified atom stereocenters. The lowest BCUT2D eigenvalue weighted by atomic mass is 9.87. The first-order valence-electron chi connectivity index (χ1n) is 10.3. The standard InChI is InChI=1S/C23H25I2N5O2S/c1-5-30-21(14-6-8-16(9-7-14)23(2,3)4)28-29-22(30)33-13-19(31)27-26-12-15-10-17(24)11-18(25)20(15)32/h6-12,32H,5,13H2,1-4H3,(H,27,31)/b26-12-. The lowest BCUT2D eigenvalue weighted by molar-refractivity contribution is -0.118. The smallest absolute Gasteiger partial charge is 0.250 e. The largest absolute Gasteiger partial charge is 0.506 e. The van der Waals surface area contributed by atoms with E-state index < -0.39 is 0 Å². The van der Waals surface area contributed by atoms with Crippen molar-refractivity contribution >= 4 is 69.1 Å². The number of amides is 1. The van der Waals surface area contributed by atoms with Gasteiger partial charge in [0.2, 0.25) is 0 Å². The minimum absolute atomic E-state index is 0.0873. The Morgan fingerprint density at radius 1 is 1.21 bits per heavy atom. The molecule has 0 aliphatic heterocycles. The summed E-state index contributed by atoms with van der Waals surface area (Å²) in [6, 6.07) is 12.0. The molecule has 0 radical (unpaired) electrons. The van der Waals surface area contributed by atoms with Crippen molar-refractivity contribution in [2.75, 3.05) is 5.75 Å². The van der Waals surface area contributed by atoms with Crippen LogP contribution < -0.4 is 5.43 Å². The van der Waals surface area contributed by atoms with Crippen LogP contribution in [0.4, 0.5) is 0 Å². The third kappa shape index (κ3) is 6.69. The Bertz CT molecular complexity index is 1170. The number of hydrazone groups is 1. The number of aromatic hydroxyl groups is 1. The summed E-state index contributed by atoms with van der Waals surface area (Å²) < 4.78 is 3.70. The predicted octanol–water partition coefficient (Wildman–Crippen LogP) is 5.42. The number of phenolic OH excluding ortho intramolecular Hbond substituents is 1. The minimum atomic E-state index is -0.266. The lowest BCUT2D eigenvalue weighted by Crippen LogP contribution is -2.20. The van der Waals surface area contributed by atoms with Crippen LogP contribution in [-0.4, -0.2) is 37.7 Å². The van der Waals surface area contributed by atoms with Crippen molar-refractivity contribution < 1.29 is 9.90 Å². The maximum absolute atomic E-state index is 12.3. The number of nitrogens with zero attached hydrogens (tertiary/aromatic N) is 4. The van der Waals surface area contributed by atoms with Crippen molar-refractivity contribution in [3.05, 3.63) is 54.7 Å². The second-order valence-corrected chi connectivity index (χ2v) is 11.6. The van der Waals surface area contributed by atoms with E-state index in [2.05, 4.69) is 111 Å². The van der Waals surface area contributed by atoms with E-state index in [1.165, 1.54) is 23.5 Å².